The third-order valence-electron chi connectivity index (χ3n) is 3.38. The topological polar surface area (TPSA) is 73.6 Å². The summed E-state index contributed by atoms with van der Waals surface area (Å²) in [5.74, 6) is 1.50. The minimum Gasteiger partial charge on any atom is -0.482 e. The Labute approximate surface area is 146 Å². The first-order chi connectivity index (χ1) is 12.2. The second-order valence-corrected chi connectivity index (χ2v) is 5.32. The first-order valence-electron chi connectivity index (χ1n) is 7.81. The summed E-state index contributed by atoms with van der Waals surface area (Å²) in [6, 6.07) is 23.7. The van der Waals surface area contributed by atoms with E-state index in [2.05, 4.69) is 5.32 Å². The van der Waals surface area contributed by atoms with Crippen LogP contribution in [0.4, 0.5) is 11.4 Å². The quantitative estimate of drug-likeness (QED) is 0.666. The highest BCUT2D eigenvalue weighted by molar-refractivity contribution is 5.91. The summed E-state index contributed by atoms with van der Waals surface area (Å²) in [5, 5.41) is 2.75. The Bertz CT molecular complexity index is 836. The minimum atomic E-state index is -0.254. The summed E-state index contributed by atoms with van der Waals surface area (Å²) in [7, 11) is 0. The molecule has 0 saturated heterocycles. The molecule has 0 aromatic heterocycles. The Morgan fingerprint density at radius 1 is 0.880 bits per heavy atom. The summed E-state index contributed by atoms with van der Waals surface area (Å²) in [4.78, 5) is 11.9. The maximum Gasteiger partial charge on any atom is 0.262 e. The number of para-hydroxylation sites is 2. The van der Waals surface area contributed by atoms with Crippen LogP contribution in [0.5, 0.6) is 17.2 Å². The Kier molecular flexibility index (Phi) is 5.16. The maximum atomic E-state index is 11.9. The normalized spacial score (nSPS) is 10.1. The number of benzene rings is 3. The molecule has 0 aliphatic carbocycles. The number of carbonyl (C=O) groups is 1. The van der Waals surface area contributed by atoms with Gasteiger partial charge in [0.15, 0.2) is 6.61 Å². The van der Waals surface area contributed by atoms with Gasteiger partial charge in [0, 0.05) is 11.8 Å². The molecular weight excluding hydrogens is 316 g/mol. The zero-order valence-electron chi connectivity index (χ0n) is 13.5. The number of ether oxygens (including phenoxy) is 2. The molecule has 0 spiro atoms. The van der Waals surface area contributed by atoms with Crippen molar-refractivity contribution in [1.29, 1.82) is 0 Å². The Morgan fingerprint density at radius 3 is 2.24 bits per heavy atom. The molecule has 3 rings (SSSR count). The lowest BCUT2D eigenvalue weighted by molar-refractivity contribution is -0.118. The van der Waals surface area contributed by atoms with Crippen LogP contribution < -0.4 is 20.5 Å². The van der Waals surface area contributed by atoms with Crippen molar-refractivity contribution in [2.45, 2.75) is 0 Å². The predicted molar refractivity (Wildman–Crippen MR) is 97.9 cm³/mol. The molecule has 0 unspecified atom stereocenters. The van der Waals surface area contributed by atoms with Crippen molar-refractivity contribution < 1.29 is 14.3 Å². The van der Waals surface area contributed by atoms with Gasteiger partial charge < -0.3 is 20.5 Å². The molecule has 0 aliphatic rings. The number of hydrogen-bond donors (Lipinski definition) is 2. The van der Waals surface area contributed by atoms with Crippen LogP contribution in [0, 0.1) is 0 Å². The summed E-state index contributed by atoms with van der Waals surface area (Å²) in [5.41, 5.74) is 7.10. The smallest absolute Gasteiger partial charge is 0.262 e. The molecule has 5 nitrogen and oxygen atoms in total. The van der Waals surface area contributed by atoms with Gasteiger partial charge in [-0.15, -0.1) is 0 Å². The standard InChI is InChI=1S/C20H18N2O3/c21-18-13-17(25-16-9-5-2-6-10-16)11-12-19(18)24-14-20(23)22-15-7-3-1-4-8-15/h1-13H,14,21H2,(H,22,23). The van der Waals surface area contributed by atoms with Crippen molar-refractivity contribution in [3.8, 4) is 17.2 Å². The highest BCUT2D eigenvalue weighted by Gasteiger charge is 2.07. The molecule has 0 atom stereocenters. The lowest BCUT2D eigenvalue weighted by Gasteiger charge is -2.11. The van der Waals surface area contributed by atoms with Crippen LogP contribution in [0.15, 0.2) is 78.9 Å². The highest BCUT2D eigenvalue weighted by Crippen LogP contribution is 2.29. The van der Waals surface area contributed by atoms with Crippen molar-refractivity contribution in [1.82, 2.24) is 0 Å². The molecule has 0 heterocycles. The average Bonchev–Trinajstić information content (AvgIpc) is 2.63. The first kappa shape index (κ1) is 16.4. The van der Waals surface area contributed by atoms with Gasteiger partial charge in [0.25, 0.3) is 5.91 Å². The number of rotatable bonds is 6. The van der Waals surface area contributed by atoms with E-state index in [1.807, 2.05) is 60.7 Å². The number of nitrogens with one attached hydrogen (secondary N) is 1. The van der Waals surface area contributed by atoms with Gasteiger partial charge in [0.1, 0.15) is 17.2 Å². The van der Waals surface area contributed by atoms with E-state index in [9.17, 15) is 4.79 Å². The van der Waals surface area contributed by atoms with Crippen LogP contribution in [-0.4, -0.2) is 12.5 Å². The SMILES string of the molecule is Nc1cc(Oc2ccccc2)ccc1OCC(=O)Nc1ccccc1. The zero-order chi connectivity index (χ0) is 17.5. The number of nitrogen functional groups attached to an aromatic ring is 1. The van der Waals surface area contributed by atoms with Crippen LogP contribution in [0.1, 0.15) is 0 Å². The number of carbonyl (C=O) groups excluding carboxylic acids is 1. The molecule has 5 heteroatoms. The van der Waals surface area contributed by atoms with Crippen LogP contribution in [0.3, 0.4) is 0 Å². The molecule has 25 heavy (non-hydrogen) atoms. The summed E-state index contributed by atoms with van der Waals surface area (Å²) in [6.45, 7) is -0.127. The lowest BCUT2D eigenvalue weighted by atomic mass is 10.2. The number of amides is 1. The number of hydrogen-bond acceptors (Lipinski definition) is 4. The fourth-order valence-corrected chi connectivity index (χ4v) is 2.21. The van der Waals surface area contributed by atoms with E-state index in [0.717, 1.165) is 11.4 Å². The van der Waals surface area contributed by atoms with Gasteiger partial charge in [-0.2, -0.15) is 0 Å². The van der Waals surface area contributed by atoms with Crippen LogP contribution in [0.25, 0.3) is 0 Å². The summed E-state index contributed by atoms with van der Waals surface area (Å²) >= 11 is 0. The van der Waals surface area contributed by atoms with Crippen LogP contribution in [-0.2, 0) is 4.79 Å². The molecule has 3 aromatic carbocycles. The van der Waals surface area contributed by atoms with Gasteiger partial charge in [-0.05, 0) is 36.4 Å². The van der Waals surface area contributed by atoms with E-state index >= 15 is 0 Å². The fourth-order valence-electron chi connectivity index (χ4n) is 2.21. The van der Waals surface area contributed by atoms with Gasteiger partial charge in [-0.1, -0.05) is 36.4 Å². The van der Waals surface area contributed by atoms with E-state index < -0.39 is 0 Å². The third kappa shape index (κ3) is 4.75. The van der Waals surface area contributed by atoms with E-state index in [1.54, 1.807) is 18.2 Å². The average molecular weight is 334 g/mol. The Balaban J connectivity index is 1.57. The van der Waals surface area contributed by atoms with Gasteiger partial charge in [0.2, 0.25) is 0 Å². The largest absolute Gasteiger partial charge is 0.482 e. The van der Waals surface area contributed by atoms with E-state index in [1.165, 1.54) is 0 Å². The van der Waals surface area contributed by atoms with E-state index in [0.29, 0.717) is 17.2 Å². The van der Waals surface area contributed by atoms with Crippen molar-refractivity contribution >= 4 is 17.3 Å². The van der Waals surface area contributed by atoms with Crippen molar-refractivity contribution in [3.05, 3.63) is 78.9 Å². The molecule has 126 valence electrons. The second-order valence-electron chi connectivity index (χ2n) is 5.32. The van der Waals surface area contributed by atoms with Crippen molar-refractivity contribution in [2.75, 3.05) is 17.7 Å². The van der Waals surface area contributed by atoms with Gasteiger partial charge >= 0.3 is 0 Å². The van der Waals surface area contributed by atoms with Crippen molar-refractivity contribution in [3.63, 3.8) is 0 Å². The minimum absolute atomic E-state index is 0.127. The molecular formula is C20H18N2O3. The third-order valence-corrected chi connectivity index (χ3v) is 3.38. The Morgan fingerprint density at radius 2 is 1.56 bits per heavy atom. The van der Waals surface area contributed by atoms with Crippen molar-refractivity contribution in [2.24, 2.45) is 0 Å². The number of nitrogens with two attached hydrogens (primary N) is 1. The molecule has 0 bridgehead atoms. The molecule has 1 amide bonds. The summed E-state index contributed by atoms with van der Waals surface area (Å²) < 4.78 is 11.2. The van der Waals surface area contributed by atoms with Crippen LogP contribution >= 0.6 is 0 Å². The monoisotopic (exact) mass is 334 g/mol. The molecule has 0 saturated carbocycles. The van der Waals surface area contributed by atoms with Gasteiger partial charge in [-0.3, -0.25) is 4.79 Å². The predicted octanol–water partition coefficient (Wildman–Crippen LogP) is 4.08. The zero-order valence-corrected chi connectivity index (χ0v) is 13.5. The molecule has 0 aliphatic heterocycles. The first-order valence-corrected chi connectivity index (χ1v) is 7.81. The fraction of sp³-hybridized carbons (Fsp3) is 0.0500. The molecule has 3 aromatic rings. The lowest BCUT2D eigenvalue weighted by Crippen LogP contribution is -2.20. The molecule has 0 radical (unpaired) electrons. The Hall–Kier alpha value is -3.47. The van der Waals surface area contributed by atoms with Crippen LogP contribution in [0.2, 0.25) is 0 Å². The second kappa shape index (κ2) is 7.88. The molecule has 0 fully saturated rings. The summed E-state index contributed by atoms with van der Waals surface area (Å²) in [6.07, 6.45) is 0. The van der Waals surface area contributed by atoms with Gasteiger partial charge in [0.05, 0.1) is 5.69 Å². The highest BCUT2D eigenvalue weighted by atomic mass is 16.5. The molecule has 3 N–H and O–H groups in total. The maximum absolute atomic E-state index is 11.9. The van der Waals surface area contributed by atoms with Gasteiger partial charge in [-0.25, -0.2) is 0 Å². The van der Waals surface area contributed by atoms with E-state index in [-0.39, 0.29) is 12.5 Å². The van der Waals surface area contributed by atoms with E-state index in [4.69, 9.17) is 15.2 Å². The number of anilines is 2.